The molecule has 0 spiro atoms. The van der Waals surface area contributed by atoms with Gasteiger partial charge < -0.3 is 0 Å². The summed E-state index contributed by atoms with van der Waals surface area (Å²) in [5.41, 5.74) is 0.868. The lowest BCUT2D eigenvalue weighted by Crippen LogP contribution is -2.33. The van der Waals surface area contributed by atoms with E-state index in [1.807, 2.05) is 0 Å². The number of alkyl halides is 1. The molecule has 0 unspecified atom stereocenters. The molecule has 0 bridgehead atoms. The van der Waals surface area contributed by atoms with Gasteiger partial charge in [-0.1, -0.05) is 6.42 Å². The average molecular weight is 294 g/mol. The van der Waals surface area contributed by atoms with Crippen LogP contribution < -0.4 is 0 Å². The minimum Gasteiger partial charge on any atom is -0.206 e. The largest absolute Gasteiger partial charge is 0.252 e. The third-order valence-corrected chi connectivity index (χ3v) is 6.78. The molecule has 0 amide bonds. The molecule has 0 radical (unpaired) electrons. The minimum atomic E-state index is -3.31. The van der Waals surface area contributed by atoms with E-state index in [0.717, 1.165) is 18.4 Å². The highest BCUT2D eigenvalue weighted by Crippen LogP contribution is 2.30. The van der Waals surface area contributed by atoms with Gasteiger partial charge in [-0.3, -0.25) is 0 Å². The molecule has 2 rings (SSSR count). The van der Waals surface area contributed by atoms with E-state index in [4.69, 9.17) is 11.6 Å². The van der Waals surface area contributed by atoms with Gasteiger partial charge in [0.05, 0.1) is 0 Å². The maximum absolute atomic E-state index is 12.2. The van der Waals surface area contributed by atoms with Crippen molar-refractivity contribution >= 4 is 33.0 Å². The molecule has 0 aliphatic heterocycles. The summed E-state index contributed by atoms with van der Waals surface area (Å²) in [7, 11) is -1.65. The van der Waals surface area contributed by atoms with E-state index < -0.39 is 10.0 Å². The predicted octanol–water partition coefficient (Wildman–Crippen LogP) is 2.91. The lowest BCUT2D eigenvalue weighted by molar-refractivity contribution is 0.263. The molecule has 1 saturated carbocycles. The van der Waals surface area contributed by atoms with E-state index in [1.165, 1.54) is 22.1 Å². The molecule has 1 aliphatic carbocycles. The van der Waals surface area contributed by atoms with Crippen LogP contribution in [0.3, 0.4) is 0 Å². The summed E-state index contributed by atoms with van der Waals surface area (Å²) >= 11 is 6.93. The van der Waals surface area contributed by atoms with Gasteiger partial charge in [0.25, 0.3) is 10.0 Å². The van der Waals surface area contributed by atoms with Crippen LogP contribution in [-0.2, 0) is 15.9 Å². The van der Waals surface area contributed by atoms with E-state index in [0.29, 0.717) is 22.6 Å². The van der Waals surface area contributed by atoms with E-state index in [-0.39, 0.29) is 0 Å². The smallest absolute Gasteiger partial charge is 0.206 e. The highest BCUT2D eigenvalue weighted by molar-refractivity contribution is 7.91. The Morgan fingerprint density at radius 3 is 2.71 bits per heavy atom. The second kappa shape index (κ2) is 5.26. The summed E-state index contributed by atoms with van der Waals surface area (Å²) in [6.45, 7) is 0.635. The van der Waals surface area contributed by atoms with Crippen molar-refractivity contribution in [2.45, 2.75) is 29.4 Å². The molecule has 0 atom stereocenters. The Balaban J connectivity index is 2.10. The molecule has 1 aromatic heterocycles. The summed E-state index contributed by atoms with van der Waals surface area (Å²) in [6.07, 6.45) is 3.53. The molecular weight excluding hydrogens is 278 g/mol. The second-order valence-corrected chi connectivity index (χ2v) is 7.94. The fraction of sp³-hybridized carbons (Fsp3) is 0.636. The number of rotatable bonds is 5. The first-order chi connectivity index (χ1) is 8.04. The first-order valence-corrected chi connectivity index (χ1v) is 8.49. The lowest BCUT2D eigenvalue weighted by Gasteiger charge is -2.29. The van der Waals surface area contributed by atoms with Crippen molar-refractivity contribution in [1.29, 1.82) is 0 Å². The van der Waals surface area contributed by atoms with Gasteiger partial charge in [-0.2, -0.15) is 4.31 Å². The van der Waals surface area contributed by atoms with Crippen molar-refractivity contribution in [3.63, 3.8) is 0 Å². The second-order valence-electron chi connectivity index (χ2n) is 4.49. The normalized spacial score (nSPS) is 17.4. The molecule has 1 heterocycles. The SMILES string of the molecule is CN(CC1CCC1)S(=O)(=O)c1cc(CCl)cs1. The molecule has 0 saturated heterocycles. The Hall–Kier alpha value is -0.100. The number of sulfonamides is 1. The predicted molar refractivity (Wildman–Crippen MR) is 71.0 cm³/mol. The quantitative estimate of drug-likeness (QED) is 0.783. The van der Waals surface area contributed by atoms with Gasteiger partial charge in [0.2, 0.25) is 0 Å². The van der Waals surface area contributed by atoms with Crippen molar-refractivity contribution in [3.8, 4) is 0 Å². The van der Waals surface area contributed by atoms with Gasteiger partial charge >= 0.3 is 0 Å². The zero-order chi connectivity index (χ0) is 12.5. The lowest BCUT2D eigenvalue weighted by atomic mass is 9.86. The van der Waals surface area contributed by atoms with Gasteiger partial charge in [-0.05, 0) is 35.8 Å². The summed E-state index contributed by atoms with van der Waals surface area (Å²) in [5.74, 6) is 0.903. The summed E-state index contributed by atoms with van der Waals surface area (Å²) in [4.78, 5) is 0. The summed E-state index contributed by atoms with van der Waals surface area (Å²) in [6, 6.07) is 1.67. The average Bonchev–Trinajstić information content (AvgIpc) is 2.71. The van der Waals surface area contributed by atoms with Crippen LogP contribution in [0.25, 0.3) is 0 Å². The Morgan fingerprint density at radius 2 is 2.24 bits per heavy atom. The van der Waals surface area contributed by atoms with E-state index in [1.54, 1.807) is 18.5 Å². The van der Waals surface area contributed by atoms with Gasteiger partial charge in [0.1, 0.15) is 4.21 Å². The Kier molecular flexibility index (Phi) is 4.13. The van der Waals surface area contributed by atoms with Crippen LogP contribution in [0.1, 0.15) is 24.8 Å². The molecule has 96 valence electrons. The van der Waals surface area contributed by atoms with E-state index in [9.17, 15) is 8.42 Å². The van der Waals surface area contributed by atoms with Crippen molar-refractivity contribution in [3.05, 3.63) is 17.0 Å². The monoisotopic (exact) mass is 293 g/mol. The molecule has 1 aromatic rings. The number of halogens is 1. The van der Waals surface area contributed by atoms with E-state index in [2.05, 4.69) is 0 Å². The van der Waals surface area contributed by atoms with Crippen LogP contribution >= 0.6 is 22.9 Å². The van der Waals surface area contributed by atoms with Crippen molar-refractivity contribution in [2.24, 2.45) is 5.92 Å². The number of nitrogens with zero attached hydrogens (tertiary/aromatic N) is 1. The van der Waals surface area contributed by atoms with Gasteiger partial charge in [-0.15, -0.1) is 22.9 Å². The maximum atomic E-state index is 12.2. The van der Waals surface area contributed by atoms with Crippen LogP contribution in [0.5, 0.6) is 0 Å². The first-order valence-electron chi connectivity index (χ1n) is 5.63. The van der Waals surface area contributed by atoms with Crippen molar-refractivity contribution < 1.29 is 8.42 Å². The molecule has 1 aliphatic rings. The molecule has 3 nitrogen and oxygen atoms in total. The van der Waals surface area contributed by atoms with Crippen LogP contribution in [0.15, 0.2) is 15.7 Å². The molecule has 6 heteroatoms. The molecule has 0 N–H and O–H groups in total. The van der Waals surface area contributed by atoms with Crippen molar-refractivity contribution in [2.75, 3.05) is 13.6 Å². The van der Waals surface area contributed by atoms with Gasteiger partial charge in [-0.25, -0.2) is 8.42 Å². The molecule has 1 fully saturated rings. The van der Waals surface area contributed by atoms with Crippen LogP contribution in [-0.4, -0.2) is 26.3 Å². The third kappa shape index (κ3) is 2.84. The Morgan fingerprint density at radius 1 is 1.53 bits per heavy atom. The summed E-state index contributed by atoms with van der Waals surface area (Å²) < 4.78 is 26.3. The van der Waals surface area contributed by atoms with Crippen LogP contribution in [0.2, 0.25) is 0 Å². The zero-order valence-corrected chi connectivity index (χ0v) is 12.1. The standard InChI is InChI=1S/C11H16ClNO2S2/c1-13(7-9-3-2-4-9)17(14,15)11-5-10(6-12)8-16-11/h5,8-9H,2-4,6-7H2,1H3. The van der Waals surface area contributed by atoms with Crippen LogP contribution in [0, 0.1) is 5.92 Å². The number of hydrogen-bond acceptors (Lipinski definition) is 3. The fourth-order valence-corrected chi connectivity index (χ4v) is 4.76. The Bertz CT molecular complexity index is 479. The topological polar surface area (TPSA) is 37.4 Å². The zero-order valence-electron chi connectivity index (χ0n) is 9.73. The summed E-state index contributed by atoms with van der Waals surface area (Å²) in [5, 5.41) is 1.80. The van der Waals surface area contributed by atoms with Crippen molar-refractivity contribution in [1.82, 2.24) is 4.31 Å². The first kappa shape index (κ1) is 13.3. The third-order valence-electron chi connectivity index (χ3n) is 3.19. The highest BCUT2D eigenvalue weighted by atomic mass is 35.5. The highest BCUT2D eigenvalue weighted by Gasteiger charge is 2.27. The fourth-order valence-electron chi connectivity index (χ4n) is 1.85. The molecule has 0 aromatic carbocycles. The Labute approximate surface area is 111 Å². The van der Waals surface area contributed by atoms with Gasteiger partial charge in [0.15, 0.2) is 0 Å². The maximum Gasteiger partial charge on any atom is 0.252 e. The molecular formula is C11H16ClNO2S2. The van der Waals surface area contributed by atoms with E-state index >= 15 is 0 Å². The number of hydrogen-bond donors (Lipinski definition) is 0. The minimum absolute atomic E-state index is 0.359. The number of thiophene rings is 1. The van der Waals surface area contributed by atoms with Crippen LogP contribution in [0.4, 0.5) is 0 Å². The van der Waals surface area contributed by atoms with Gasteiger partial charge in [0, 0.05) is 19.5 Å². The molecule has 17 heavy (non-hydrogen) atoms.